The lowest BCUT2D eigenvalue weighted by Gasteiger charge is -2.29. The summed E-state index contributed by atoms with van der Waals surface area (Å²) in [5, 5.41) is 2.29. The fourth-order valence-electron chi connectivity index (χ4n) is 4.67. The van der Waals surface area contributed by atoms with Crippen LogP contribution in [-0.4, -0.2) is 34.7 Å². The summed E-state index contributed by atoms with van der Waals surface area (Å²) >= 11 is 0. The minimum Gasteiger partial charge on any atom is -0.491 e. The van der Waals surface area contributed by atoms with Crippen molar-refractivity contribution < 1.29 is 19.0 Å². The van der Waals surface area contributed by atoms with Crippen LogP contribution in [0.15, 0.2) is 116 Å². The summed E-state index contributed by atoms with van der Waals surface area (Å²) < 4.78 is 20.9. The molecule has 6 rings (SSSR count). The molecule has 0 saturated carbocycles. The molecule has 0 amide bonds. The molecule has 4 aromatic carbocycles. The highest BCUT2D eigenvalue weighted by atomic mass is 16.8. The van der Waals surface area contributed by atoms with Crippen LogP contribution in [0.5, 0.6) is 5.75 Å². The molecule has 6 heteroatoms. The van der Waals surface area contributed by atoms with Gasteiger partial charge in [0.1, 0.15) is 18.5 Å². The van der Waals surface area contributed by atoms with E-state index in [-0.39, 0.29) is 11.9 Å². The summed E-state index contributed by atoms with van der Waals surface area (Å²) in [4.78, 5) is 16.8. The van der Waals surface area contributed by atoms with Gasteiger partial charge in [0.05, 0.1) is 19.5 Å². The van der Waals surface area contributed by atoms with Crippen LogP contribution >= 0.6 is 0 Å². The Morgan fingerprint density at radius 3 is 2.46 bits per heavy atom. The Morgan fingerprint density at radius 2 is 1.68 bits per heavy atom. The van der Waals surface area contributed by atoms with Crippen molar-refractivity contribution >= 4 is 16.6 Å². The normalized spacial score (nSPS) is 19.2. The third-order valence-corrected chi connectivity index (χ3v) is 6.59. The predicted molar refractivity (Wildman–Crippen MR) is 140 cm³/mol. The van der Waals surface area contributed by atoms with Crippen LogP contribution in [0.3, 0.4) is 0 Å². The Hall–Kier alpha value is -4.26. The molecule has 1 aromatic heterocycles. The lowest BCUT2D eigenvalue weighted by molar-refractivity contribution is -0.189. The van der Waals surface area contributed by atoms with E-state index in [2.05, 4.69) is 35.3 Å². The van der Waals surface area contributed by atoms with Crippen molar-refractivity contribution in [3.63, 3.8) is 0 Å². The molecular weight excluding hydrogens is 464 g/mol. The highest BCUT2D eigenvalue weighted by molar-refractivity contribution is 6.08. The Kier molecular flexibility index (Phi) is 6.26. The first kappa shape index (κ1) is 23.2. The van der Waals surface area contributed by atoms with E-state index in [0.717, 1.165) is 16.3 Å². The smallest absolute Gasteiger partial charge is 0.214 e. The maximum atomic E-state index is 12.7. The number of carbonyl (C=O) groups excluding carboxylic acids is 1. The van der Waals surface area contributed by atoms with Gasteiger partial charge in [-0.15, -0.1) is 0 Å². The number of nitrogens with zero attached hydrogens (tertiary/aromatic N) is 2. The van der Waals surface area contributed by atoms with E-state index in [4.69, 9.17) is 14.2 Å². The molecule has 1 saturated heterocycles. The summed E-state index contributed by atoms with van der Waals surface area (Å²) in [5.74, 6) is -0.296. The molecule has 1 aliphatic heterocycles. The van der Waals surface area contributed by atoms with Crippen molar-refractivity contribution in [2.75, 3.05) is 13.2 Å². The lowest BCUT2D eigenvalue weighted by Crippen LogP contribution is -2.34. The van der Waals surface area contributed by atoms with Gasteiger partial charge in [-0.3, -0.25) is 4.79 Å². The number of carbonyl (C=O) groups is 1. The molecule has 184 valence electrons. The number of ketones is 1. The van der Waals surface area contributed by atoms with Gasteiger partial charge in [-0.1, -0.05) is 66.7 Å². The van der Waals surface area contributed by atoms with Crippen molar-refractivity contribution in [1.82, 2.24) is 9.55 Å². The molecule has 2 atom stereocenters. The van der Waals surface area contributed by atoms with Crippen LogP contribution < -0.4 is 4.74 Å². The first-order chi connectivity index (χ1) is 18.2. The number of ether oxygens (including phenoxy) is 3. The van der Waals surface area contributed by atoms with Gasteiger partial charge in [-0.05, 0) is 41.1 Å². The molecule has 0 bridgehead atoms. The fourth-order valence-corrected chi connectivity index (χ4v) is 4.67. The zero-order valence-corrected chi connectivity index (χ0v) is 20.2. The quantitative estimate of drug-likeness (QED) is 0.265. The third kappa shape index (κ3) is 4.89. The van der Waals surface area contributed by atoms with E-state index in [1.165, 1.54) is 0 Å². The average molecular weight is 491 g/mol. The Morgan fingerprint density at radius 1 is 0.919 bits per heavy atom. The number of fused-ring (bicyclic) bond motifs is 1. The van der Waals surface area contributed by atoms with Gasteiger partial charge in [-0.25, -0.2) is 4.98 Å². The number of hydrogen-bond donors (Lipinski definition) is 0. The van der Waals surface area contributed by atoms with Crippen molar-refractivity contribution in [1.29, 1.82) is 0 Å². The first-order valence-electron chi connectivity index (χ1n) is 12.3. The van der Waals surface area contributed by atoms with Crippen molar-refractivity contribution in [3.05, 3.63) is 132 Å². The number of benzene rings is 4. The Bertz CT molecular complexity index is 1500. The van der Waals surface area contributed by atoms with E-state index in [1.807, 2.05) is 65.4 Å². The van der Waals surface area contributed by atoms with Crippen LogP contribution in [0.4, 0.5) is 0 Å². The van der Waals surface area contributed by atoms with Crippen molar-refractivity contribution in [3.8, 4) is 5.75 Å². The molecule has 0 aliphatic carbocycles. The van der Waals surface area contributed by atoms with Crippen molar-refractivity contribution in [2.45, 2.75) is 18.4 Å². The monoisotopic (exact) mass is 490 g/mol. The van der Waals surface area contributed by atoms with Gasteiger partial charge in [0.2, 0.25) is 5.79 Å². The molecule has 1 aliphatic rings. The van der Waals surface area contributed by atoms with Crippen molar-refractivity contribution in [2.24, 2.45) is 0 Å². The molecule has 0 N–H and O–H groups in total. The third-order valence-electron chi connectivity index (χ3n) is 6.59. The van der Waals surface area contributed by atoms with E-state index < -0.39 is 5.79 Å². The molecule has 0 spiro atoms. The van der Waals surface area contributed by atoms with Crippen LogP contribution in [0.2, 0.25) is 0 Å². The molecule has 2 unspecified atom stereocenters. The molecule has 2 heterocycles. The minimum atomic E-state index is -0.954. The van der Waals surface area contributed by atoms with Gasteiger partial charge in [0.15, 0.2) is 5.78 Å². The van der Waals surface area contributed by atoms with Crippen LogP contribution in [0.25, 0.3) is 10.8 Å². The topological polar surface area (TPSA) is 62.6 Å². The molecular formula is C31H26N2O4. The fraction of sp³-hybridized carbons (Fsp3) is 0.161. The van der Waals surface area contributed by atoms with Gasteiger partial charge in [0.25, 0.3) is 0 Å². The first-order valence-corrected chi connectivity index (χ1v) is 12.3. The summed E-state index contributed by atoms with van der Waals surface area (Å²) in [7, 11) is 0. The largest absolute Gasteiger partial charge is 0.491 e. The Balaban J connectivity index is 1.16. The second kappa shape index (κ2) is 10.0. The second-order valence-electron chi connectivity index (χ2n) is 9.13. The average Bonchev–Trinajstić information content (AvgIpc) is 3.63. The van der Waals surface area contributed by atoms with Gasteiger partial charge in [-0.2, -0.15) is 0 Å². The summed E-state index contributed by atoms with van der Waals surface area (Å²) in [6, 6.07) is 31.0. The molecule has 0 radical (unpaired) electrons. The van der Waals surface area contributed by atoms with E-state index in [1.54, 1.807) is 24.7 Å². The molecule has 1 fully saturated rings. The van der Waals surface area contributed by atoms with E-state index in [9.17, 15) is 4.79 Å². The minimum absolute atomic E-state index is 0.0145. The van der Waals surface area contributed by atoms with Gasteiger partial charge >= 0.3 is 0 Å². The number of aromatic nitrogens is 2. The maximum Gasteiger partial charge on any atom is 0.214 e. The number of imidazole rings is 1. The number of hydrogen-bond acceptors (Lipinski definition) is 5. The molecule has 6 nitrogen and oxygen atoms in total. The standard InChI is InChI=1S/C31H26N2O4/c34-30(24-7-2-1-3-8-24)25-11-14-28(15-12-25)35-19-29-20-36-31(37-29,21-33-17-16-32-22-33)27-13-10-23-6-4-5-9-26(23)18-27/h1-18,22,29H,19-21H2. The highest BCUT2D eigenvalue weighted by Gasteiger charge is 2.44. The summed E-state index contributed by atoms with van der Waals surface area (Å²) in [5.41, 5.74) is 2.23. The predicted octanol–water partition coefficient (Wildman–Crippen LogP) is 5.61. The van der Waals surface area contributed by atoms with Gasteiger partial charge in [0, 0.05) is 29.1 Å². The van der Waals surface area contributed by atoms with Gasteiger partial charge < -0.3 is 18.8 Å². The lowest BCUT2D eigenvalue weighted by atomic mass is 10.0. The Labute approximate surface area is 215 Å². The van der Waals surface area contributed by atoms with Crippen LogP contribution in [0, 0.1) is 0 Å². The zero-order valence-electron chi connectivity index (χ0n) is 20.2. The second-order valence-corrected chi connectivity index (χ2v) is 9.13. The SMILES string of the molecule is O=C(c1ccccc1)c1ccc(OCC2COC(Cn3ccnc3)(c3ccc4ccccc4c3)O2)cc1. The van der Waals surface area contributed by atoms with Crippen LogP contribution in [0.1, 0.15) is 21.5 Å². The highest BCUT2D eigenvalue weighted by Crippen LogP contribution is 2.37. The zero-order chi connectivity index (χ0) is 25.1. The van der Waals surface area contributed by atoms with E-state index >= 15 is 0 Å². The maximum absolute atomic E-state index is 12.7. The molecule has 37 heavy (non-hydrogen) atoms. The van der Waals surface area contributed by atoms with E-state index in [0.29, 0.717) is 36.6 Å². The molecule has 5 aromatic rings. The number of rotatable bonds is 8. The summed E-state index contributed by atoms with van der Waals surface area (Å²) in [6.07, 6.45) is 5.14. The van der Waals surface area contributed by atoms with Crippen LogP contribution in [-0.2, 0) is 21.8 Å². The summed E-state index contributed by atoms with van der Waals surface area (Å²) in [6.45, 7) is 1.19.